The maximum absolute atomic E-state index is 12.3. The van der Waals surface area contributed by atoms with E-state index in [1.165, 1.54) is 0 Å². The highest BCUT2D eigenvalue weighted by Gasteiger charge is 2.55. The second-order valence-corrected chi connectivity index (χ2v) is 10.1. The molecule has 2 aliphatic heterocycles. The molecule has 2 saturated heterocycles. The average molecular weight is 628 g/mol. The number of carbonyl (C=O) groups excluding carboxylic acids is 2. The molecule has 0 unspecified atom stereocenters. The summed E-state index contributed by atoms with van der Waals surface area (Å²) in [6.45, 7) is -0.856. The van der Waals surface area contributed by atoms with Gasteiger partial charge in [-0.1, -0.05) is 60.7 Å². The van der Waals surface area contributed by atoms with Crippen molar-refractivity contribution < 1.29 is 58.2 Å². The first-order valence-corrected chi connectivity index (χ1v) is 13.7. The fourth-order valence-corrected chi connectivity index (χ4v) is 4.30. The van der Waals surface area contributed by atoms with E-state index in [0.717, 1.165) is 20.9 Å². The zero-order valence-corrected chi connectivity index (χ0v) is 24.2. The quantitative estimate of drug-likeness (QED) is 0.291. The summed E-state index contributed by atoms with van der Waals surface area (Å²) in [5, 5.41) is 36.2. The van der Waals surface area contributed by atoms with Crippen molar-refractivity contribution in [3.05, 3.63) is 71.8 Å². The van der Waals surface area contributed by atoms with Crippen LogP contribution in [0.2, 0.25) is 0 Å². The van der Waals surface area contributed by atoms with Gasteiger partial charge in [-0.05, 0) is 11.1 Å². The Balaban J connectivity index is 0.000000246. The lowest BCUT2D eigenvalue weighted by Crippen LogP contribution is -2.68. The van der Waals surface area contributed by atoms with Crippen LogP contribution in [0.1, 0.15) is 24.0 Å². The van der Waals surface area contributed by atoms with Crippen molar-refractivity contribution in [3.63, 3.8) is 0 Å². The molecule has 2 aromatic carbocycles. The first-order chi connectivity index (χ1) is 21.6. The third-order valence-electron chi connectivity index (χ3n) is 7.04. The van der Waals surface area contributed by atoms with E-state index in [2.05, 4.69) is 0 Å². The number of benzene rings is 2. The standard InChI is InChI=1S/C15H16N2O5.C15H17NO7/c16-7-4-8-17(15(13(18)19)10-21-11-15)14(20)22-9-12-5-2-1-3-6-12;17-12(18)6-7-16(15(13(19)20)9-22-10-15)14(21)23-8-11-4-2-1-3-5-11/h1-3,5-6H,4,8-11H2,(H,18,19);1-5H,6-10H2,(H,17,18)(H,19,20). The second kappa shape index (κ2) is 16.0. The molecule has 0 saturated carbocycles. The molecule has 2 amide bonds. The molecule has 4 rings (SSSR count). The summed E-state index contributed by atoms with van der Waals surface area (Å²) in [5.41, 5.74) is -1.47. The third kappa shape index (κ3) is 8.68. The first kappa shape index (κ1) is 34.3. The van der Waals surface area contributed by atoms with E-state index < -0.39 is 41.2 Å². The molecule has 45 heavy (non-hydrogen) atoms. The van der Waals surface area contributed by atoms with Crippen molar-refractivity contribution in [2.75, 3.05) is 39.5 Å². The Labute approximate surface area is 258 Å². The normalized spacial score (nSPS) is 15.3. The summed E-state index contributed by atoms with van der Waals surface area (Å²) in [4.78, 5) is 60.2. The van der Waals surface area contributed by atoms with Crippen LogP contribution in [-0.2, 0) is 46.5 Å². The number of hydrogen-bond acceptors (Lipinski definition) is 10. The van der Waals surface area contributed by atoms with Crippen LogP contribution < -0.4 is 0 Å². The van der Waals surface area contributed by atoms with Gasteiger partial charge in [0, 0.05) is 13.1 Å². The Hall–Kier alpha value is -5.20. The number of rotatable bonds is 13. The molecule has 2 fully saturated rings. The Morgan fingerprint density at radius 1 is 0.711 bits per heavy atom. The van der Waals surface area contributed by atoms with Gasteiger partial charge in [0.2, 0.25) is 0 Å². The highest BCUT2D eigenvalue weighted by molar-refractivity contribution is 5.86. The molecule has 0 atom stereocenters. The summed E-state index contributed by atoms with van der Waals surface area (Å²) in [6.07, 6.45) is -1.99. The van der Waals surface area contributed by atoms with Crippen LogP contribution in [0.15, 0.2) is 60.7 Å². The van der Waals surface area contributed by atoms with Gasteiger partial charge >= 0.3 is 30.1 Å². The van der Waals surface area contributed by atoms with Gasteiger partial charge in [0.25, 0.3) is 0 Å². The van der Waals surface area contributed by atoms with Gasteiger partial charge in [0.1, 0.15) is 13.2 Å². The minimum atomic E-state index is -1.57. The first-order valence-electron chi connectivity index (χ1n) is 13.7. The maximum Gasteiger partial charge on any atom is 0.411 e. The van der Waals surface area contributed by atoms with Crippen molar-refractivity contribution in [1.82, 2.24) is 9.80 Å². The lowest BCUT2D eigenvalue weighted by Gasteiger charge is -2.45. The molecule has 2 aliphatic rings. The molecule has 0 aromatic heterocycles. The molecule has 0 radical (unpaired) electrons. The van der Waals surface area contributed by atoms with Crippen molar-refractivity contribution in [1.29, 1.82) is 5.26 Å². The molecule has 0 aliphatic carbocycles. The number of carboxylic acid groups (broad SMARTS) is 3. The zero-order chi connectivity index (χ0) is 32.9. The van der Waals surface area contributed by atoms with E-state index in [4.69, 9.17) is 29.3 Å². The van der Waals surface area contributed by atoms with Gasteiger partial charge in [-0.2, -0.15) is 5.26 Å². The van der Waals surface area contributed by atoms with E-state index in [1.54, 1.807) is 36.4 Å². The van der Waals surface area contributed by atoms with E-state index in [1.807, 2.05) is 30.3 Å². The lowest BCUT2D eigenvalue weighted by atomic mass is 9.95. The predicted octanol–water partition coefficient (Wildman–Crippen LogP) is 2.35. The van der Waals surface area contributed by atoms with Crippen LogP contribution >= 0.6 is 0 Å². The fraction of sp³-hybridized carbons (Fsp3) is 0.400. The Morgan fingerprint density at radius 3 is 1.42 bits per heavy atom. The predicted molar refractivity (Wildman–Crippen MR) is 152 cm³/mol. The Morgan fingerprint density at radius 2 is 1.11 bits per heavy atom. The second-order valence-electron chi connectivity index (χ2n) is 10.1. The number of amides is 2. The monoisotopic (exact) mass is 627 g/mol. The van der Waals surface area contributed by atoms with Crippen LogP contribution in [0.3, 0.4) is 0 Å². The summed E-state index contributed by atoms with van der Waals surface area (Å²) in [7, 11) is 0. The van der Waals surface area contributed by atoms with E-state index >= 15 is 0 Å². The van der Waals surface area contributed by atoms with Crippen molar-refractivity contribution in [3.8, 4) is 6.07 Å². The number of carboxylic acids is 3. The molecule has 2 aromatic rings. The summed E-state index contributed by atoms with van der Waals surface area (Å²) < 4.78 is 20.2. The van der Waals surface area contributed by atoms with Gasteiger partial charge in [0.05, 0.1) is 45.3 Å². The highest BCUT2D eigenvalue weighted by Crippen LogP contribution is 2.28. The smallest absolute Gasteiger partial charge is 0.411 e. The third-order valence-corrected chi connectivity index (χ3v) is 7.04. The minimum absolute atomic E-state index is 0.0141. The SMILES string of the molecule is N#CCCN(C(=O)OCc1ccccc1)C1(C(=O)O)COC1.O=C(O)CCN(C(=O)OCc1ccccc1)C1(C(=O)O)COC1. The molecule has 0 spiro atoms. The molecule has 3 N–H and O–H groups in total. The van der Waals surface area contributed by atoms with Crippen LogP contribution in [0.4, 0.5) is 9.59 Å². The van der Waals surface area contributed by atoms with Gasteiger partial charge in [0.15, 0.2) is 11.1 Å². The van der Waals surface area contributed by atoms with Crippen LogP contribution in [0.5, 0.6) is 0 Å². The Kier molecular flexibility index (Phi) is 12.2. The minimum Gasteiger partial charge on any atom is -0.481 e. The van der Waals surface area contributed by atoms with Crippen LogP contribution in [0.25, 0.3) is 0 Å². The van der Waals surface area contributed by atoms with Gasteiger partial charge in [-0.3, -0.25) is 14.6 Å². The zero-order valence-electron chi connectivity index (χ0n) is 24.2. The van der Waals surface area contributed by atoms with Crippen molar-refractivity contribution in [2.24, 2.45) is 0 Å². The van der Waals surface area contributed by atoms with Crippen LogP contribution in [-0.4, -0.2) is 106 Å². The molecule has 15 heteroatoms. The number of carbonyl (C=O) groups is 5. The lowest BCUT2D eigenvalue weighted by molar-refractivity contribution is -0.184. The number of nitriles is 1. The molecule has 2 heterocycles. The Bertz CT molecular complexity index is 1370. The topological polar surface area (TPSA) is 213 Å². The molecule has 15 nitrogen and oxygen atoms in total. The largest absolute Gasteiger partial charge is 0.481 e. The van der Waals surface area contributed by atoms with Crippen LogP contribution in [0, 0.1) is 11.3 Å². The van der Waals surface area contributed by atoms with Gasteiger partial charge in [-0.25, -0.2) is 19.2 Å². The van der Waals surface area contributed by atoms with E-state index in [9.17, 15) is 34.2 Å². The number of nitrogens with zero attached hydrogens (tertiary/aromatic N) is 3. The molecule has 0 bridgehead atoms. The number of aliphatic carboxylic acids is 3. The molecule has 240 valence electrons. The van der Waals surface area contributed by atoms with Gasteiger partial charge < -0.3 is 34.3 Å². The summed E-state index contributed by atoms with van der Waals surface area (Å²) in [5.74, 6) is -3.54. The van der Waals surface area contributed by atoms with Crippen molar-refractivity contribution >= 4 is 30.1 Å². The van der Waals surface area contributed by atoms with Gasteiger partial charge in [-0.15, -0.1) is 0 Å². The average Bonchev–Trinajstić information content (AvgIpc) is 2.97. The number of ether oxygens (including phenoxy) is 4. The summed E-state index contributed by atoms with van der Waals surface area (Å²) in [6, 6.07) is 19.9. The van der Waals surface area contributed by atoms with Crippen molar-refractivity contribution in [2.45, 2.75) is 37.1 Å². The maximum atomic E-state index is 12.3. The molecular formula is C30H33N3O12. The highest BCUT2D eigenvalue weighted by atomic mass is 16.6. The number of hydrogen-bond donors (Lipinski definition) is 3. The molecular weight excluding hydrogens is 594 g/mol. The van der Waals surface area contributed by atoms with E-state index in [-0.39, 0.29) is 65.6 Å². The summed E-state index contributed by atoms with van der Waals surface area (Å²) >= 11 is 0. The van der Waals surface area contributed by atoms with E-state index in [0.29, 0.717) is 0 Å². The fourth-order valence-electron chi connectivity index (χ4n) is 4.30.